The van der Waals surface area contributed by atoms with Gasteiger partial charge in [0.1, 0.15) is 0 Å². The topological polar surface area (TPSA) is 0 Å². The molecule has 1 atom stereocenters. The van der Waals surface area contributed by atoms with Gasteiger partial charge in [-0.15, -0.1) is 0 Å². The molecule has 1 aromatic rings. The van der Waals surface area contributed by atoms with Crippen molar-refractivity contribution in [3.63, 3.8) is 0 Å². The molecule has 0 amide bonds. The number of fused-ring (bicyclic) bond motifs is 1. The quantitative estimate of drug-likeness (QED) is 0.600. The van der Waals surface area contributed by atoms with E-state index < -0.39 is 0 Å². The Labute approximate surface area is 79.6 Å². The molecule has 0 aromatic heterocycles. The van der Waals surface area contributed by atoms with Crippen LogP contribution in [0.25, 0.3) is 11.6 Å². The van der Waals surface area contributed by atoms with E-state index in [0.717, 1.165) is 6.42 Å². The molecule has 1 aliphatic carbocycles. The van der Waals surface area contributed by atoms with Crippen LogP contribution in [0.1, 0.15) is 36.0 Å². The predicted octanol–water partition coefficient (Wildman–Crippen LogP) is 3.85. The fraction of sp³-hybridized carbons (Fsp3) is 0.231. The zero-order valence-electron chi connectivity index (χ0n) is 8.01. The van der Waals surface area contributed by atoms with Crippen LogP contribution in [0.4, 0.5) is 0 Å². The fourth-order valence-corrected chi connectivity index (χ4v) is 2.16. The van der Waals surface area contributed by atoms with Crippen molar-refractivity contribution in [1.29, 1.82) is 0 Å². The molecule has 0 bridgehead atoms. The Hall–Kier alpha value is -1.30. The molecular formula is C13H14. The van der Waals surface area contributed by atoms with Gasteiger partial charge in [0.25, 0.3) is 0 Å². The molecule has 0 spiro atoms. The van der Waals surface area contributed by atoms with E-state index in [1.165, 1.54) is 22.3 Å². The third-order valence-electron chi connectivity index (χ3n) is 2.79. The Morgan fingerprint density at radius 2 is 2.23 bits per heavy atom. The van der Waals surface area contributed by atoms with E-state index >= 15 is 0 Å². The average molecular weight is 170 g/mol. The summed E-state index contributed by atoms with van der Waals surface area (Å²) in [7, 11) is 0. The first-order valence-electron chi connectivity index (χ1n) is 4.67. The highest BCUT2D eigenvalue weighted by Crippen LogP contribution is 2.41. The van der Waals surface area contributed by atoms with Gasteiger partial charge in [-0.1, -0.05) is 44.4 Å². The van der Waals surface area contributed by atoms with Crippen molar-refractivity contribution in [2.75, 3.05) is 0 Å². The van der Waals surface area contributed by atoms with Gasteiger partial charge in [-0.2, -0.15) is 0 Å². The van der Waals surface area contributed by atoms with Gasteiger partial charge < -0.3 is 0 Å². The van der Waals surface area contributed by atoms with Gasteiger partial charge in [-0.3, -0.25) is 0 Å². The first-order valence-corrected chi connectivity index (χ1v) is 4.67. The Bertz CT molecular complexity index is 372. The number of allylic oxidation sites excluding steroid dienone is 1. The lowest BCUT2D eigenvalue weighted by Crippen LogP contribution is -1.87. The molecular weight excluding hydrogens is 156 g/mol. The second-order valence-electron chi connectivity index (χ2n) is 3.72. The SMILES string of the molecule is C=Cc1cccc2c1C(=C)CC2C. The Balaban J connectivity index is 2.68. The van der Waals surface area contributed by atoms with Crippen LogP contribution in [-0.2, 0) is 0 Å². The van der Waals surface area contributed by atoms with E-state index in [1.807, 2.05) is 6.08 Å². The number of benzene rings is 1. The van der Waals surface area contributed by atoms with Crippen molar-refractivity contribution in [3.05, 3.63) is 48.0 Å². The minimum atomic E-state index is 0.627. The summed E-state index contributed by atoms with van der Waals surface area (Å²) in [5, 5.41) is 0. The molecule has 0 saturated heterocycles. The third kappa shape index (κ3) is 1.14. The Kier molecular flexibility index (Phi) is 1.84. The van der Waals surface area contributed by atoms with Gasteiger partial charge >= 0.3 is 0 Å². The lowest BCUT2D eigenvalue weighted by molar-refractivity contribution is 0.828. The Morgan fingerprint density at radius 1 is 1.46 bits per heavy atom. The first-order chi connectivity index (χ1) is 6.24. The van der Waals surface area contributed by atoms with Crippen LogP contribution < -0.4 is 0 Å². The summed E-state index contributed by atoms with van der Waals surface area (Å²) < 4.78 is 0. The summed E-state index contributed by atoms with van der Waals surface area (Å²) in [5.41, 5.74) is 5.26. The molecule has 1 unspecified atom stereocenters. The third-order valence-corrected chi connectivity index (χ3v) is 2.79. The van der Waals surface area contributed by atoms with Crippen molar-refractivity contribution in [1.82, 2.24) is 0 Å². The van der Waals surface area contributed by atoms with E-state index in [4.69, 9.17) is 0 Å². The summed E-state index contributed by atoms with van der Waals surface area (Å²) in [6, 6.07) is 6.41. The standard InChI is InChI=1S/C13H14/c1-4-11-6-5-7-12-9(2)8-10(3)13(11)12/h4-7,9H,1,3,8H2,2H3. The summed E-state index contributed by atoms with van der Waals surface area (Å²) in [5.74, 6) is 0.627. The molecule has 0 saturated carbocycles. The molecule has 66 valence electrons. The van der Waals surface area contributed by atoms with Crippen LogP contribution in [0.15, 0.2) is 31.4 Å². The zero-order chi connectivity index (χ0) is 9.42. The monoisotopic (exact) mass is 170 g/mol. The van der Waals surface area contributed by atoms with Gasteiger partial charge in [0, 0.05) is 0 Å². The molecule has 1 aliphatic rings. The van der Waals surface area contributed by atoms with Crippen molar-refractivity contribution >= 4 is 11.6 Å². The minimum absolute atomic E-state index is 0.627. The van der Waals surface area contributed by atoms with Crippen LogP contribution in [0.2, 0.25) is 0 Å². The molecule has 13 heavy (non-hydrogen) atoms. The number of hydrogen-bond acceptors (Lipinski definition) is 0. The molecule has 0 heterocycles. The van der Waals surface area contributed by atoms with E-state index in [9.17, 15) is 0 Å². The summed E-state index contributed by atoms with van der Waals surface area (Å²) in [6.45, 7) is 10.2. The highest BCUT2D eigenvalue weighted by Gasteiger charge is 2.22. The highest BCUT2D eigenvalue weighted by molar-refractivity contribution is 5.79. The Morgan fingerprint density at radius 3 is 2.92 bits per heavy atom. The highest BCUT2D eigenvalue weighted by atomic mass is 14.3. The second-order valence-corrected chi connectivity index (χ2v) is 3.72. The maximum absolute atomic E-state index is 4.11. The summed E-state index contributed by atoms with van der Waals surface area (Å²) in [4.78, 5) is 0. The molecule has 0 fully saturated rings. The molecule has 0 radical (unpaired) electrons. The van der Waals surface area contributed by atoms with Gasteiger partial charge in [0.05, 0.1) is 0 Å². The van der Waals surface area contributed by atoms with Crippen LogP contribution in [-0.4, -0.2) is 0 Å². The smallest absolute Gasteiger partial charge is 0.0123 e. The van der Waals surface area contributed by atoms with E-state index in [1.54, 1.807) is 0 Å². The van der Waals surface area contributed by atoms with Crippen LogP contribution >= 0.6 is 0 Å². The first kappa shape index (κ1) is 8.31. The van der Waals surface area contributed by atoms with Crippen molar-refractivity contribution in [2.24, 2.45) is 0 Å². The largest absolute Gasteiger partial charge is 0.0984 e. The summed E-state index contributed by atoms with van der Waals surface area (Å²) in [6.07, 6.45) is 3.02. The van der Waals surface area contributed by atoms with Crippen LogP contribution in [0.3, 0.4) is 0 Å². The maximum atomic E-state index is 4.11. The fourth-order valence-electron chi connectivity index (χ4n) is 2.16. The van der Waals surface area contributed by atoms with Gasteiger partial charge in [0.15, 0.2) is 0 Å². The lowest BCUT2D eigenvalue weighted by atomic mass is 9.99. The summed E-state index contributed by atoms with van der Waals surface area (Å²) >= 11 is 0. The van der Waals surface area contributed by atoms with Crippen LogP contribution in [0, 0.1) is 0 Å². The van der Waals surface area contributed by atoms with E-state index in [-0.39, 0.29) is 0 Å². The lowest BCUT2D eigenvalue weighted by Gasteiger charge is -2.05. The molecule has 1 aromatic carbocycles. The van der Waals surface area contributed by atoms with Crippen molar-refractivity contribution in [2.45, 2.75) is 19.3 Å². The second kappa shape index (κ2) is 2.88. The normalized spacial score (nSPS) is 20.1. The molecule has 0 N–H and O–H groups in total. The zero-order valence-corrected chi connectivity index (χ0v) is 8.01. The van der Waals surface area contributed by atoms with Crippen LogP contribution in [0.5, 0.6) is 0 Å². The maximum Gasteiger partial charge on any atom is -0.0123 e. The van der Waals surface area contributed by atoms with E-state index in [2.05, 4.69) is 38.3 Å². The van der Waals surface area contributed by atoms with Gasteiger partial charge in [0.2, 0.25) is 0 Å². The van der Waals surface area contributed by atoms with Gasteiger partial charge in [-0.05, 0) is 34.6 Å². The molecule has 0 aliphatic heterocycles. The minimum Gasteiger partial charge on any atom is -0.0984 e. The average Bonchev–Trinajstić information content (AvgIpc) is 2.43. The number of hydrogen-bond donors (Lipinski definition) is 0. The molecule has 0 nitrogen and oxygen atoms in total. The van der Waals surface area contributed by atoms with Crippen molar-refractivity contribution in [3.8, 4) is 0 Å². The van der Waals surface area contributed by atoms with E-state index in [0.29, 0.717) is 5.92 Å². The van der Waals surface area contributed by atoms with Gasteiger partial charge in [-0.25, -0.2) is 0 Å². The van der Waals surface area contributed by atoms with Crippen molar-refractivity contribution < 1.29 is 0 Å². The predicted molar refractivity (Wildman–Crippen MR) is 58.6 cm³/mol. The molecule has 2 rings (SSSR count). The molecule has 0 heteroatoms. The number of rotatable bonds is 1.